The van der Waals surface area contributed by atoms with Gasteiger partial charge < -0.3 is 10.6 Å². The molecule has 0 aliphatic heterocycles. The van der Waals surface area contributed by atoms with Crippen LogP contribution in [0.5, 0.6) is 0 Å². The van der Waals surface area contributed by atoms with Crippen molar-refractivity contribution < 1.29 is 4.79 Å². The molecular formula is C12H17BrN2OS. The topological polar surface area (TPSA) is 41.1 Å². The smallest absolute Gasteiger partial charge is 0.216 e. The monoisotopic (exact) mass is 316 g/mol. The second-order valence-corrected chi connectivity index (χ2v) is 6.83. The van der Waals surface area contributed by atoms with E-state index < -0.39 is 0 Å². The Kier molecular flexibility index (Phi) is 4.59. The van der Waals surface area contributed by atoms with Gasteiger partial charge in [-0.3, -0.25) is 4.79 Å². The van der Waals surface area contributed by atoms with Crippen molar-refractivity contribution >= 4 is 33.2 Å². The number of aryl methyl sites for hydroxylation is 1. The Labute approximate surface area is 114 Å². The summed E-state index contributed by atoms with van der Waals surface area (Å²) in [6.45, 7) is 3.08. The van der Waals surface area contributed by atoms with E-state index in [0.717, 1.165) is 6.54 Å². The van der Waals surface area contributed by atoms with Gasteiger partial charge in [-0.05, 0) is 46.8 Å². The first-order chi connectivity index (χ1) is 8.16. The highest BCUT2D eigenvalue weighted by Crippen LogP contribution is 2.37. The van der Waals surface area contributed by atoms with Gasteiger partial charge in [0.2, 0.25) is 5.91 Å². The molecule has 0 bridgehead atoms. The SMILES string of the molecule is CC(=O)NCCNC1CCCc2sc(Br)cc21. The molecule has 3 nitrogen and oxygen atoms in total. The molecule has 2 rings (SSSR count). The van der Waals surface area contributed by atoms with E-state index in [1.54, 1.807) is 6.92 Å². The highest BCUT2D eigenvalue weighted by molar-refractivity contribution is 9.11. The average molecular weight is 317 g/mol. The maximum absolute atomic E-state index is 10.8. The number of nitrogens with one attached hydrogen (secondary N) is 2. The van der Waals surface area contributed by atoms with E-state index in [1.165, 1.54) is 33.5 Å². The van der Waals surface area contributed by atoms with E-state index in [0.29, 0.717) is 12.6 Å². The quantitative estimate of drug-likeness (QED) is 0.838. The summed E-state index contributed by atoms with van der Waals surface area (Å²) in [7, 11) is 0. The summed E-state index contributed by atoms with van der Waals surface area (Å²) in [5.74, 6) is 0.0365. The minimum absolute atomic E-state index is 0.0365. The normalized spacial score (nSPS) is 18.8. The van der Waals surface area contributed by atoms with E-state index in [2.05, 4.69) is 32.6 Å². The molecule has 0 radical (unpaired) electrons. The number of carbonyl (C=O) groups is 1. The number of carbonyl (C=O) groups excluding carboxylic acids is 1. The predicted octanol–water partition coefficient (Wildman–Crippen LogP) is 2.61. The average Bonchev–Trinajstić information content (AvgIpc) is 2.65. The zero-order valence-corrected chi connectivity index (χ0v) is 12.3. The molecule has 1 aromatic rings. The number of hydrogen-bond donors (Lipinski definition) is 2. The van der Waals surface area contributed by atoms with E-state index in [-0.39, 0.29) is 5.91 Å². The van der Waals surface area contributed by atoms with Crippen molar-refractivity contribution in [3.05, 3.63) is 20.3 Å². The molecule has 94 valence electrons. The third-order valence-corrected chi connectivity index (χ3v) is 4.69. The van der Waals surface area contributed by atoms with Gasteiger partial charge >= 0.3 is 0 Å². The Hall–Kier alpha value is -0.390. The van der Waals surface area contributed by atoms with E-state index in [4.69, 9.17) is 0 Å². The summed E-state index contributed by atoms with van der Waals surface area (Å²) in [4.78, 5) is 12.3. The van der Waals surface area contributed by atoms with Crippen molar-refractivity contribution in [1.29, 1.82) is 0 Å². The molecule has 2 N–H and O–H groups in total. The van der Waals surface area contributed by atoms with Crippen LogP contribution >= 0.6 is 27.3 Å². The van der Waals surface area contributed by atoms with Crippen LogP contribution < -0.4 is 10.6 Å². The molecule has 1 amide bonds. The molecule has 1 aliphatic rings. The van der Waals surface area contributed by atoms with Crippen LogP contribution in [-0.2, 0) is 11.2 Å². The minimum Gasteiger partial charge on any atom is -0.355 e. The molecule has 1 aromatic heterocycles. The number of thiophene rings is 1. The summed E-state index contributed by atoms with van der Waals surface area (Å²) in [5, 5.41) is 6.32. The largest absolute Gasteiger partial charge is 0.355 e. The first kappa shape index (κ1) is 13.1. The lowest BCUT2D eigenvalue weighted by Crippen LogP contribution is -2.33. The lowest BCUT2D eigenvalue weighted by molar-refractivity contribution is -0.118. The van der Waals surface area contributed by atoms with E-state index >= 15 is 0 Å². The highest BCUT2D eigenvalue weighted by Gasteiger charge is 2.21. The number of rotatable bonds is 4. The van der Waals surface area contributed by atoms with Gasteiger partial charge in [-0.15, -0.1) is 11.3 Å². The molecule has 0 saturated heterocycles. The third kappa shape index (κ3) is 3.53. The van der Waals surface area contributed by atoms with Crippen LogP contribution in [0.25, 0.3) is 0 Å². The van der Waals surface area contributed by atoms with Crippen LogP contribution in [0, 0.1) is 0 Å². The number of halogens is 1. The number of amides is 1. The maximum atomic E-state index is 10.8. The molecule has 1 heterocycles. The zero-order valence-electron chi connectivity index (χ0n) is 9.88. The summed E-state index contributed by atoms with van der Waals surface area (Å²) in [6.07, 6.45) is 3.64. The molecule has 1 aliphatic carbocycles. The molecule has 17 heavy (non-hydrogen) atoms. The third-order valence-electron chi connectivity index (χ3n) is 2.97. The zero-order chi connectivity index (χ0) is 12.3. The lowest BCUT2D eigenvalue weighted by Gasteiger charge is -2.23. The second-order valence-electron chi connectivity index (χ2n) is 4.31. The van der Waals surface area contributed by atoms with Gasteiger partial charge in [-0.1, -0.05) is 0 Å². The maximum Gasteiger partial charge on any atom is 0.216 e. The Morgan fingerprint density at radius 3 is 3.18 bits per heavy atom. The molecule has 1 atom stereocenters. The molecule has 5 heteroatoms. The fourth-order valence-electron chi connectivity index (χ4n) is 2.22. The van der Waals surface area contributed by atoms with Crippen LogP contribution in [-0.4, -0.2) is 19.0 Å². The van der Waals surface area contributed by atoms with Gasteiger partial charge in [-0.25, -0.2) is 0 Å². The Balaban J connectivity index is 1.88. The first-order valence-corrected chi connectivity index (χ1v) is 7.53. The number of hydrogen-bond acceptors (Lipinski definition) is 3. The molecule has 0 spiro atoms. The Morgan fingerprint density at radius 1 is 1.59 bits per heavy atom. The van der Waals surface area contributed by atoms with Crippen LogP contribution in [0.4, 0.5) is 0 Å². The highest BCUT2D eigenvalue weighted by atomic mass is 79.9. The van der Waals surface area contributed by atoms with Gasteiger partial charge in [0.15, 0.2) is 0 Å². The second kappa shape index (κ2) is 5.98. The summed E-state index contributed by atoms with van der Waals surface area (Å²) < 4.78 is 1.22. The minimum atomic E-state index is 0.0365. The fraction of sp³-hybridized carbons (Fsp3) is 0.583. The van der Waals surface area contributed by atoms with Crippen LogP contribution in [0.1, 0.15) is 36.2 Å². The van der Waals surface area contributed by atoms with E-state index in [9.17, 15) is 4.79 Å². The van der Waals surface area contributed by atoms with Crippen molar-refractivity contribution in [2.75, 3.05) is 13.1 Å². The first-order valence-electron chi connectivity index (χ1n) is 5.92. The Morgan fingerprint density at radius 2 is 2.41 bits per heavy atom. The molecule has 0 fully saturated rings. The van der Waals surface area contributed by atoms with Crippen molar-refractivity contribution in [2.45, 2.75) is 32.2 Å². The van der Waals surface area contributed by atoms with Gasteiger partial charge in [0, 0.05) is 30.9 Å². The van der Waals surface area contributed by atoms with Gasteiger partial charge in [0.05, 0.1) is 3.79 Å². The fourth-order valence-corrected chi connectivity index (χ4v) is 4.04. The van der Waals surface area contributed by atoms with E-state index in [1.807, 2.05) is 11.3 Å². The summed E-state index contributed by atoms with van der Waals surface area (Å²) in [6, 6.07) is 2.69. The predicted molar refractivity (Wildman–Crippen MR) is 74.4 cm³/mol. The van der Waals surface area contributed by atoms with Gasteiger partial charge in [0.25, 0.3) is 0 Å². The summed E-state index contributed by atoms with van der Waals surface area (Å²) in [5.41, 5.74) is 1.44. The van der Waals surface area contributed by atoms with Crippen LogP contribution in [0.2, 0.25) is 0 Å². The van der Waals surface area contributed by atoms with Crippen molar-refractivity contribution in [1.82, 2.24) is 10.6 Å². The van der Waals surface area contributed by atoms with Gasteiger partial charge in [-0.2, -0.15) is 0 Å². The number of fused-ring (bicyclic) bond motifs is 1. The van der Waals surface area contributed by atoms with Crippen molar-refractivity contribution in [3.8, 4) is 0 Å². The molecule has 1 unspecified atom stereocenters. The molecule has 0 saturated carbocycles. The molecular weight excluding hydrogens is 300 g/mol. The summed E-state index contributed by atoms with van der Waals surface area (Å²) >= 11 is 5.40. The van der Waals surface area contributed by atoms with Gasteiger partial charge in [0.1, 0.15) is 0 Å². The molecule has 0 aromatic carbocycles. The van der Waals surface area contributed by atoms with Crippen LogP contribution in [0.15, 0.2) is 9.85 Å². The standard InChI is InChI=1S/C12H17BrN2OS/c1-8(16)14-5-6-15-10-3-2-4-11-9(10)7-12(13)17-11/h7,10,15H,2-6H2,1H3,(H,14,16). The van der Waals surface area contributed by atoms with Crippen molar-refractivity contribution in [2.24, 2.45) is 0 Å². The Bertz CT molecular complexity index is 405. The van der Waals surface area contributed by atoms with Crippen molar-refractivity contribution in [3.63, 3.8) is 0 Å². The van der Waals surface area contributed by atoms with Crippen LogP contribution in [0.3, 0.4) is 0 Å². The lowest BCUT2D eigenvalue weighted by atomic mass is 9.94.